The summed E-state index contributed by atoms with van der Waals surface area (Å²) in [6.45, 7) is 6.51. The van der Waals surface area contributed by atoms with Gasteiger partial charge in [-0.15, -0.1) is 0 Å². The lowest BCUT2D eigenvalue weighted by Crippen LogP contribution is -2.41. The molecule has 0 heterocycles. The Labute approximate surface area is 111 Å². The monoisotopic (exact) mass is 250 g/mol. The summed E-state index contributed by atoms with van der Waals surface area (Å²) in [4.78, 5) is 2.32. The largest absolute Gasteiger partial charge is 0.497 e. The van der Waals surface area contributed by atoms with Crippen molar-refractivity contribution in [1.29, 1.82) is 0 Å². The van der Waals surface area contributed by atoms with E-state index in [1.807, 2.05) is 12.1 Å². The summed E-state index contributed by atoms with van der Waals surface area (Å²) in [5.74, 6) is 0.887. The quantitative estimate of drug-likeness (QED) is 0.843. The third-order valence-corrected chi connectivity index (χ3v) is 3.57. The van der Waals surface area contributed by atoms with Gasteiger partial charge in [0.2, 0.25) is 0 Å². The molecule has 0 aliphatic heterocycles. The van der Waals surface area contributed by atoms with Gasteiger partial charge in [0.15, 0.2) is 0 Å². The number of ether oxygens (including phenoxy) is 1. The number of hydrogen-bond donors (Lipinski definition) is 1. The Bertz CT molecular complexity index is 365. The zero-order valence-corrected chi connectivity index (χ0v) is 12.2. The predicted molar refractivity (Wildman–Crippen MR) is 76.9 cm³/mol. The number of methoxy groups -OCH3 is 1. The Hall–Kier alpha value is -1.06. The van der Waals surface area contributed by atoms with E-state index in [1.54, 1.807) is 7.11 Å². The molecule has 0 amide bonds. The van der Waals surface area contributed by atoms with Crippen molar-refractivity contribution in [2.75, 3.05) is 14.2 Å². The molecule has 0 spiro atoms. The summed E-state index contributed by atoms with van der Waals surface area (Å²) in [6.07, 6.45) is 0.957. The Morgan fingerprint density at radius 3 is 2.50 bits per heavy atom. The van der Waals surface area contributed by atoms with Crippen molar-refractivity contribution < 1.29 is 4.74 Å². The molecule has 102 valence electrons. The standard InChI is InChI=1S/C15H26N2O/c1-6-14(16)15(17(4)11(2)3)12-8-7-9-13(10-12)18-5/h7-11,14-15H,6,16H2,1-5H3. The van der Waals surface area contributed by atoms with Crippen LogP contribution in [0.3, 0.4) is 0 Å². The van der Waals surface area contributed by atoms with E-state index in [1.165, 1.54) is 5.56 Å². The zero-order chi connectivity index (χ0) is 13.7. The zero-order valence-electron chi connectivity index (χ0n) is 12.2. The van der Waals surface area contributed by atoms with Crippen LogP contribution in [0.15, 0.2) is 24.3 Å². The van der Waals surface area contributed by atoms with E-state index in [-0.39, 0.29) is 12.1 Å². The van der Waals surface area contributed by atoms with E-state index in [0.29, 0.717) is 6.04 Å². The molecular weight excluding hydrogens is 224 g/mol. The molecule has 0 fully saturated rings. The first-order valence-electron chi connectivity index (χ1n) is 6.62. The van der Waals surface area contributed by atoms with E-state index < -0.39 is 0 Å². The molecule has 3 nitrogen and oxygen atoms in total. The first kappa shape index (κ1) is 15.0. The third-order valence-electron chi connectivity index (χ3n) is 3.57. The maximum Gasteiger partial charge on any atom is 0.119 e. The normalized spacial score (nSPS) is 14.9. The van der Waals surface area contributed by atoms with Crippen LogP contribution in [-0.2, 0) is 0 Å². The fourth-order valence-electron chi connectivity index (χ4n) is 2.15. The van der Waals surface area contributed by atoms with Gasteiger partial charge in [-0.2, -0.15) is 0 Å². The van der Waals surface area contributed by atoms with Gasteiger partial charge in [0.1, 0.15) is 5.75 Å². The van der Waals surface area contributed by atoms with Crippen molar-refractivity contribution in [1.82, 2.24) is 4.90 Å². The van der Waals surface area contributed by atoms with Gasteiger partial charge in [-0.1, -0.05) is 19.1 Å². The summed E-state index contributed by atoms with van der Waals surface area (Å²) < 4.78 is 5.30. The first-order chi connectivity index (χ1) is 8.51. The van der Waals surface area contributed by atoms with Crippen molar-refractivity contribution in [3.8, 4) is 5.75 Å². The van der Waals surface area contributed by atoms with Crippen LogP contribution in [0.25, 0.3) is 0 Å². The second kappa shape index (κ2) is 6.76. The lowest BCUT2D eigenvalue weighted by atomic mass is 9.95. The van der Waals surface area contributed by atoms with Gasteiger partial charge in [0.05, 0.1) is 7.11 Å². The molecule has 1 aromatic rings. The number of nitrogens with zero attached hydrogens (tertiary/aromatic N) is 1. The molecule has 0 saturated heterocycles. The predicted octanol–water partition coefficient (Wildman–Crippen LogP) is 2.81. The third kappa shape index (κ3) is 3.47. The maximum atomic E-state index is 6.30. The number of rotatable bonds is 6. The number of benzene rings is 1. The molecule has 0 aliphatic rings. The molecule has 0 bridgehead atoms. The summed E-state index contributed by atoms with van der Waals surface area (Å²) in [6, 6.07) is 9.01. The smallest absolute Gasteiger partial charge is 0.119 e. The van der Waals surface area contributed by atoms with Crippen molar-refractivity contribution >= 4 is 0 Å². The van der Waals surface area contributed by atoms with Gasteiger partial charge in [-0.3, -0.25) is 4.90 Å². The van der Waals surface area contributed by atoms with Crippen LogP contribution in [0.5, 0.6) is 5.75 Å². The second-order valence-corrected chi connectivity index (χ2v) is 5.05. The highest BCUT2D eigenvalue weighted by Crippen LogP contribution is 2.28. The minimum absolute atomic E-state index is 0.129. The molecule has 3 heteroatoms. The fraction of sp³-hybridized carbons (Fsp3) is 0.600. The highest BCUT2D eigenvalue weighted by atomic mass is 16.5. The van der Waals surface area contributed by atoms with Crippen LogP contribution in [0.1, 0.15) is 38.8 Å². The van der Waals surface area contributed by atoms with Crippen molar-refractivity contribution in [3.63, 3.8) is 0 Å². The highest BCUT2D eigenvalue weighted by Gasteiger charge is 2.24. The van der Waals surface area contributed by atoms with Gasteiger partial charge in [-0.05, 0) is 45.0 Å². The van der Waals surface area contributed by atoms with E-state index in [9.17, 15) is 0 Å². The maximum absolute atomic E-state index is 6.30. The lowest BCUT2D eigenvalue weighted by molar-refractivity contribution is 0.168. The Morgan fingerprint density at radius 2 is 2.00 bits per heavy atom. The highest BCUT2D eigenvalue weighted by molar-refractivity contribution is 5.31. The molecule has 0 radical (unpaired) electrons. The molecule has 1 aromatic carbocycles. The van der Waals surface area contributed by atoms with Gasteiger partial charge >= 0.3 is 0 Å². The van der Waals surface area contributed by atoms with Gasteiger partial charge in [-0.25, -0.2) is 0 Å². The molecule has 0 aromatic heterocycles. The van der Waals surface area contributed by atoms with E-state index in [2.05, 4.69) is 44.9 Å². The Kier molecular flexibility index (Phi) is 5.63. The molecular formula is C15H26N2O. The Balaban J connectivity index is 3.08. The second-order valence-electron chi connectivity index (χ2n) is 5.05. The van der Waals surface area contributed by atoms with Crippen LogP contribution >= 0.6 is 0 Å². The van der Waals surface area contributed by atoms with E-state index in [0.717, 1.165) is 12.2 Å². The average molecular weight is 250 g/mol. The van der Waals surface area contributed by atoms with Crippen LogP contribution in [0, 0.1) is 0 Å². The fourth-order valence-corrected chi connectivity index (χ4v) is 2.15. The minimum atomic E-state index is 0.129. The molecule has 18 heavy (non-hydrogen) atoms. The van der Waals surface area contributed by atoms with Gasteiger partial charge in [0.25, 0.3) is 0 Å². The number of hydrogen-bond acceptors (Lipinski definition) is 3. The topological polar surface area (TPSA) is 38.5 Å². The van der Waals surface area contributed by atoms with E-state index in [4.69, 9.17) is 10.5 Å². The minimum Gasteiger partial charge on any atom is -0.497 e. The molecule has 0 aliphatic carbocycles. The molecule has 2 unspecified atom stereocenters. The van der Waals surface area contributed by atoms with Gasteiger partial charge < -0.3 is 10.5 Å². The van der Waals surface area contributed by atoms with Crippen LogP contribution < -0.4 is 10.5 Å². The lowest BCUT2D eigenvalue weighted by Gasteiger charge is -2.35. The van der Waals surface area contributed by atoms with E-state index >= 15 is 0 Å². The van der Waals surface area contributed by atoms with Crippen molar-refractivity contribution in [2.45, 2.75) is 45.3 Å². The summed E-state index contributed by atoms with van der Waals surface area (Å²) in [5.41, 5.74) is 7.52. The molecule has 2 atom stereocenters. The molecule has 1 rings (SSSR count). The number of likely N-dealkylation sites (N-methyl/N-ethyl adjacent to an activating group) is 1. The summed E-state index contributed by atoms with van der Waals surface area (Å²) in [5, 5.41) is 0. The van der Waals surface area contributed by atoms with Crippen molar-refractivity contribution in [3.05, 3.63) is 29.8 Å². The van der Waals surface area contributed by atoms with Gasteiger partial charge in [0, 0.05) is 18.1 Å². The SMILES string of the molecule is CCC(N)C(c1cccc(OC)c1)N(C)C(C)C. The Morgan fingerprint density at radius 1 is 1.33 bits per heavy atom. The first-order valence-corrected chi connectivity index (χ1v) is 6.62. The summed E-state index contributed by atoms with van der Waals surface area (Å²) in [7, 11) is 3.82. The van der Waals surface area contributed by atoms with Crippen LogP contribution in [0.4, 0.5) is 0 Å². The average Bonchev–Trinajstić information content (AvgIpc) is 2.38. The van der Waals surface area contributed by atoms with Crippen LogP contribution in [-0.4, -0.2) is 31.1 Å². The molecule has 2 N–H and O–H groups in total. The summed E-state index contributed by atoms with van der Waals surface area (Å²) >= 11 is 0. The van der Waals surface area contributed by atoms with Crippen LogP contribution in [0.2, 0.25) is 0 Å². The molecule has 0 saturated carbocycles. The number of nitrogens with two attached hydrogens (primary N) is 1. The van der Waals surface area contributed by atoms with Crippen molar-refractivity contribution in [2.24, 2.45) is 5.73 Å².